The maximum atomic E-state index is 4.76. The van der Waals surface area contributed by atoms with E-state index in [1.54, 1.807) is 0 Å². The predicted octanol–water partition coefficient (Wildman–Crippen LogP) is 2.70. The fourth-order valence-electron chi connectivity index (χ4n) is 2.98. The Balaban J connectivity index is 1.96. The summed E-state index contributed by atoms with van der Waals surface area (Å²) in [6, 6.07) is 7.16. The van der Waals surface area contributed by atoms with Crippen LogP contribution in [0.3, 0.4) is 0 Å². The zero-order valence-electron chi connectivity index (χ0n) is 15.3. The van der Waals surface area contributed by atoms with Crippen molar-refractivity contribution >= 4 is 5.96 Å². The Bertz CT molecular complexity index is 530. The van der Waals surface area contributed by atoms with Gasteiger partial charge in [-0.15, -0.1) is 0 Å². The van der Waals surface area contributed by atoms with Gasteiger partial charge in [0.25, 0.3) is 0 Å². The highest BCUT2D eigenvalue weighted by atomic mass is 15.2. The van der Waals surface area contributed by atoms with Crippen LogP contribution in [0.2, 0.25) is 0 Å². The molecule has 1 atom stereocenters. The van der Waals surface area contributed by atoms with Crippen LogP contribution in [0.25, 0.3) is 0 Å². The molecule has 23 heavy (non-hydrogen) atoms. The van der Waals surface area contributed by atoms with Crippen LogP contribution in [0.1, 0.15) is 36.5 Å². The lowest BCUT2D eigenvalue weighted by molar-refractivity contribution is 0.264. The minimum atomic E-state index is 0.597. The number of rotatable bonds is 7. The van der Waals surface area contributed by atoms with Crippen molar-refractivity contribution < 1.29 is 0 Å². The SMILES string of the molecule is CCNC(=NCc1ccc(C)cc1C)NCC(C1CC1)N(C)C. The van der Waals surface area contributed by atoms with Crippen molar-refractivity contribution in [2.75, 3.05) is 27.2 Å². The molecule has 1 fully saturated rings. The number of hydrogen-bond acceptors (Lipinski definition) is 2. The topological polar surface area (TPSA) is 39.7 Å². The number of likely N-dealkylation sites (N-methyl/N-ethyl adjacent to an activating group) is 1. The second-order valence-corrected chi connectivity index (χ2v) is 6.87. The smallest absolute Gasteiger partial charge is 0.191 e. The van der Waals surface area contributed by atoms with Crippen molar-refractivity contribution in [2.24, 2.45) is 10.9 Å². The van der Waals surface area contributed by atoms with E-state index in [1.807, 2.05) is 0 Å². The number of aliphatic imine (C=N–C) groups is 1. The van der Waals surface area contributed by atoms with Gasteiger partial charge >= 0.3 is 0 Å². The highest BCUT2D eigenvalue weighted by molar-refractivity contribution is 5.79. The fraction of sp³-hybridized carbons (Fsp3) is 0.632. The number of aryl methyl sites for hydroxylation is 2. The van der Waals surface area contributed by atoms with Crippen LogP contribution in [0.15, 0.2) is 23.2 Å². The first kappa shape index (κ1) is 17.8. The number of benzene rings is 1. The molecule has 0 heterocycles. The molecule has 1 aromatic rings. The lowest BCUT2D eigenvalue weighted by Gasteiger charge is -2.25. The van der Waals surface area contributed by atoms with Crippen LogP contribution in [0, 0.1) is 19.8 Å². The molecule has 0 saturated heterocycles. The Morgan fingerprint density at radius 3 is 2.57 bits per heavy atom. The molecule has 128 valence electrons. The van der Waals surface area contributed by atoms with E-state index in [0.29, 0.717) is 6.04 Å². The molecule has 2 N–H and O–H groups in total. The van der Waals surface area contributed by atoms with Crippen molar-refractivity contribution in [3.8, 4) is 0 Å². The third-order valence-electron chi connectivity index (χ3n) is 4.56. The fourth-order valence-corrected chi connectivity index (χ4v) is 2.98. The zero-order valence-corrected chi connectivity index (χ0v) is 15.3. The van der Waals surface area contributed by atoms with Crippen molar-refractivity contribution in [1.29, 1.82) is 0 Å². The molecule has 1 saturated carbocycles. The summed E-state index contributed by atoms with van der Waals surface area (Å²) in [6.45, 7) is 8.96. The summed E-state index contributed by atoms with van der Waals surface area (Å²) in [5, 5.41) is 6.88. The second-order valence-electron chi connectivity index (χ2n) is 6.87. The van der Waals surface area contributed by atoms with Gasteiger partial charge in [0.2, 0.25) is 0 Å². The van der Waals surface area contributed by atoms with Gasteiger partial charge in [-0.3, -0.25) is 0 Å². The van der Waals surface area contributed by atoms with Gasteiger partial charge in [-0.2, -0.15) is 0 Å². The van der Waals surface area contributed by atoms with Gasteiger partial charge in [0, 0.05) is 19.1 Å². The average Bonchev–Trinajstić information content (AvgIpc) is 3.30. The number of guanidine groups is 1. The molecule has 0 radical (unpaired) electrons. The molecular formula is C19H32N4. The van der Waals surface area contributed by atoms with Crippen molar-refractivity contribution in [3.63, 3.8) is 0 Å². The van der Waals surface area contributed by atoms with Crippen LogP contribution in [-0.4, -0.2) is 44.1 Å². The maximum absolute atomic E-state index is 4.76. The summed E-state index contributed by atoms with van der Waals surface area (Å²) in [5.74, 6) is 1.76. The molecule has 1 aliphatic carbocycles. The van der Waals surface area contributed by atoms with Gasteiger partial charge in [0.1, 0.15) is 0 Å². The first-order valence-electron chi connectivity index (χ1n) is 8.76. The van der Waals surface area contributed by atoms with E-state index in [9.17, 15) is 0 Å². The maximum Gasteiger partial charge on any atom is 0.191 e. The second kappa shape index (κ2) is 8.34. The van der Waals surface area contributed by atoms with E-state index < -0.39 is 0 Å². The monoisotopic (exact) mass is 316 g/mol. The third kappa shape index (κ3) is 5.54. The lowest BCUT2D eigenvalue weighted by atomic mass is 10.1. The molecule has 0 aliphatic heterocycles. The van der Waals surface area contributed by atoms with Crippen molar-refractivity contribution in [1.82, 2.24) is 15.5 Å². The Labute approximate surface area is 141 Å². The highest BCUT2D eigenvalue weighted by Gasteiger charge is 2.32. The van der Waals surface area contributed by atoms with Gasteiger partial charge in [0.15, 0.2) is 5.96 Å². The summed E-state index contributed by atoms with van der Waals surface area (Å²) in [5.41, 5.74) is 3.91. The van der Waals surface area contributed by atoms with Gasteiger partial charge in [-0.1, -0.05) is 23.8 Å². The molecular weight excluding hydrogens is 284 g/mol. The van der Waals surface area contributed by atoms with E-state index >= 15 is 0 Å². The number of nitrogens with zero attached hydrogens (tertiary/aromatic N) is 2. The van der Waals surface area contributed by atoms with Gasteiger partial charge in [0.05, 0.1) is 6.54 Å². The van der Waals surface area contributed by atoms with Crippen LogP contribution in [0.5, 0.6) is 0 Å². The molecule has 0 amide bonds. The minimum absolute atomic E-state index is 0.597. The van der Waals surface area contributed by atoms with Crippen molar-refractivity contribution in [2.45, 2.75) is 46.2 Å². The summed E-state index contributed by atoms with van der Waals surface area (Å²) in [6.07, 6.45) is 2.72. The normalized spacial score (nSPS) is 16.5. The van der Waals surface area contributed by atoms with Gasteiger partial charge in [-0.05, 0) is 64.8 Å². The standard InChI is InChI=1S/C19H32N4/c1-6-20-19(22-13-18(23(4)5)16-9-10-16)21-12-17-8-7-14(2)11-15(17)3/h7-8,11,16,18H,6,9-10,12-13H2,1-5H3,(H2,20,21,22). The third-order valence-corrected chi connectivity index (χ3v) is 4.56. The Morgan fingerprint density at radius 2 is 2.00 bits per heavy atom. The van der Waals surface area contributed by atoms with E-state index in [1.165, 1.54) is 29.5 Å². The van der Waals surface area contributed by atoms with E-state index in [0.717, 1.165) is 31.5 Å². The van der Waals surface area contributed by atoms with E-state index in [-0.39, 0.29) is 0 Å². The van der Waals surface area contributed by atoms with Gasteiger partial charge in [-0.25, -0.2) is 4.99 Å². The summed E-state index contributed by atoms with van der Waals surface area (Å²) in [4.78, 5) is 7.09. The van der Waals surface area contributed by atoms with Crippen LogP contribution in [-0.2, 0) is 6.54 Å². The minimum Gasteiger partial charge on any atom is -0.357 e. The average molecular weight is 316 g/mol. The van der Waals surface area contributed by atoms with Crippen LogP contribution >= 0.6 is 0 Å². The lowest BCUT2D eigenvalue weighted by Crippen LogP contribution is -2.46. The highest BCUT2D eigenvalue weighted by Crippen LogP contribution is 2.34. The largest absolute Gasteiger partial charge is 0.357 e. The summed E-state index contributed by atoms with van der Waals surface area (Å²) < 4.78 is 0. The molecule has 4 nitrogen and oxygen atoms in total. The Hall–Kier alpha value is -1.55. The molecule has 1 aromatic carbocycles. The predicted molar refractivity (Wildman–Crippen MR) is 98.9 cm³/mol. The zero-order chi connectivity index (χ0) is 16.8. The molecule has 2 rings (SSSR count). The summed E-state index contributed by atoms with van der Waals surface area (Å²) >= 11 is 0. The van der Waals surface area contributed by atoms with Crippen molar-refractivity contribution in [3.05, 3.63) is 34.9 Å². The molecule has 0 spiro atoms. The van der Waals surface area contributed by atoms with Crippen LogP contribution in [0.4, 0.5) is 0 Å². The number of nitrogens with one attached hydrogen (secondary N) is 2. The first-order valence-corrected chi connectivity index (χ1v) is 8.76. The number of hydrogen-bond donors (Lipinski definition) is 2. The molecule has 1 aliphatic rings. The van der Waals surface area contributed by atoms with Crippen LogP contribution < -0.4 is 10.6 Å². The van der Waals surface area contributed by atoms with E-state index in [4.69, 9.17) is 4.99 Å². The van der Waals surface area contributed by atoms with Gasteiger partial charge < -0.3 is 15.5 Å². The molecule has 1 unspecified atom stereocenters. The first-order chi connectivity index (χ1) is 11.0. The summed E-state index contributed by atoms with van der Waals surface area (Å²) in [7, 11) is 4.34. The Morgan fingerprint density at radius 1 is 1.26 bits per heavy atom. The van der Waals surface area contributed by atoms with E-state index in [2.05, 4.69) is 68.6 Å². The molecule has 0 aromatic heterocycles. The Kier molecular flexibility index (Phi) is 6.46. The molecule has 0 bridgehead atoms. The molecule has 4 heteroatoms. The quantitative estimate of drug-likeness (QED) is 0.600.